The molecule has 0 saturated carbocycles. The zero-order valence-corrected chi connectivity index (χ0v) is 12.7. The molecule has 0 atom stereocenters. The van der Waals surface area contributed by atoms with E-state index in [9.17, 15) is 14.0 Å². The summed E-state index contributed by atoms with van der Waals surface area (Å²) in [5, 5.41) is 1.83. The number of thioether (sulfide) groups is 1. The first-order chi connectivity index (χ1) is 11.1. The average molecular weight is 329 g/mol. The third kappa shape index (κ3) is 3.78. The molecular weight excluding hydrogens is 317 g/mol. The van der Waals surface area contributed by atoms with Gasteiger partial charge in [-0.1, -0.05) is 30.3 Å². The van der Waals surface area contributed by atoms with Crippen LogP contribution in [0.15, 0.2) is 53.4 Å². The molecule has 0 unspecified atom stereocenters. The molecule has 1 fully saturated rings. The molecule has 116 valence electrons. The molecule has 3 rings (SSSR count). The first kappa shape index (κ1) is 15.3. The van der Waals surface area contributed by atoms with Crippen LogP contribution in [0.4, 0.5) is 9.18 Å². The summed E-state index contributed by atoms with van der Waals surface area (Å²) in [6, 6.07) is 13.4. The van der Waals surface area contributed by atoms with E-state index in [2.05, 4.69) is 5.32 Å². The van der Waals surface area contributed by atoms with Crippen molar-refractivity contribution in [1.82, 2.24) is 5.32 Å². The second-order valence-corrected chi connectivity index (χ2v) is 5.82. The summed E-state index contributed by atoms with van der Waals surface area (Å²) in [7, 11) is 0. The lowest BCUT2D eigenvalue weighted by Crippen LogP contribution is -2.17. The van der Waals surface area contributed by atoms with Crippen LogP contribution in [0, 0.1) is 5.82 Å². The van der Waals surface area contributed by atoms with Crippen LogP contribution in [-0.2, 0) is 11.4 Å². The highest BCUT2D eigenvalue weighted by atomic mass is 32.2. The van der Waals surface area contributed by atoms with Gasteiger partial charge in [-0.15, -0.1) is 0 Å². The van der Waals surface area contributed by atoms with Crippen molar-refractivity contribution in [2.24, 2.45) is 0 Å². The van der Waals surface area contributed by atoms with Gasteiger partial charge in [-0.05, 0) is 41.6 Å². The predicted octanol–water partition coefficient (Wildman–Crippen LogP) is 3.73. The first-order valence-corrected chi connectivity index (χ1v) is 7.64. The van der Waals surface area contributed by atoms with E-state index in [0.29, 0.717) is 16.2 Å². The lowest BCUT2D eigenvalue weighted by Gasteiger charge is -2.07. The molecule has 0 radical (unpaired) electrons. The molecule has 6 heteroatoms. The molecule has 1 heterocycles. The van der Waals surface area contributed by atoms with Crippen molar-refractivity contribution in [3.8, 4) is 5.75 Å². The Morgan fingerprint density at radius 3 is 2.48 bits per heavy atom. The number of carbonyl (C=O) groups is 2. The van der Waals surface area contributed by atoms with Crippen molar-refractivity contribution in [3.05, 3.63) is 70.4 Å². The number of halogens is 1. The van der Waals surface area contributed by atoms with Crippen molar-refractivity contribution < 1.29 is 18.7 Å². The molecule has 2 amide bonds. The third-order valence-electron chi connectivity index (χ3n) is 3.17. The molecule has 1 N–H and O–H groups in total. The maximum absolute atomic E-state index is 13.5. The minimum absolute atomic E-state index is 0.139. The highest BCUT2D eigenvalue weighted by Crippen LogP contribution is 2.26. The van der Waals surface area contributed by atoms with Crippen LogP contribution in [0.2, 0.25) is 0 Å². The van der Waals surface area contributed by atoms with Crippen molar-refractivity contribution >= 4 is 29.0 Å². The topological polar surface area (TPSA) is 55.4 Å². The first-order valence-electron chi connectivity index (χ1n) is 6.83. The average Bonchev–Trinajstić information content (AvgIpc) is 2.85. The summed E-state index contributed by atoms with van der Waals surface area (Å²) in [5.74, 6) is -0.0994. The van der Waals surface area contributed by atoms with Gasteiger partial charge < -0.3 is 4.74 Å². The molecule has 1 aliphatic rings. The van der Waals surface area contributed by atoms with E-state index < -0.39 is 0 Å². The van der Waals surface area contributed by atoms with Gasteiger partial charge in [-0.25, -0.2) is 4.39 Å². The maximum atomic E-state index is 13.5. The van der Waals surface area contributed by atoms with Gasteiger partial charge in [0.15, 0.2) is 0 Å². The molecule has 0 spiro atoms. The van der Waals surface area contributed by atoms with Gasteiger partial charge in [-0.2, -0.15) is 0 Å². The van der Waals surface area contributed by atoms with Gasteiger partial charge in [0.2, 0.25) is 0 Å². The molecule has 0 aromatic heterocycles. The Hall–Kier alpha value is -2.60. The van der Waals surface area contributed by atoms with E-state index in [0.717, 1.165) is 17.3 Å². The Labute approximate surface area is 136 Å². The second-order valence-electron chi connectivity index (χ2n) is 4.80. The molecule has 2 aromatic rings. The number of benzene rings is 2. The van der Waals surface area contributed by atoms with Gasteiger partial charge in [0.25, 0.3) is 11.1 Å². The van der Waals surface area contributed by atoms with Crippen LogP contribution in [0.25, 0.3) is 6.08 Å². The quantitative estimate of drug-likeness (QED) is 0.869. The number of carbonyl (C=O) groups excluding carboxylic acids is 2. The molecule has 1 aliphatic heterocycles. The fourth-order valence-corrected chi connectivity index (χ4v) is 2.69. The lowest BCUT2D eigenvalue weighted by atomic mass is 10.2. The summed E-state index contributed by atoms with van der Waals surface area (Å²) < 4.78 is 19.0. The van der Waals surface area contributed by atoms with E-state index in [-0.39, 0.29) is 23.6 Å². The van der Waals surface area contributed by atoms with Crippen LogP contribution in [0.5, 0.6) is 5.75 Å². The van der Waals surface area contributed by atoms with Crippen LogP contribution in [0.1, 0.15) is 11.1 Å². The van der Waals surface area contributed by atoms with Crippen LogP contribution < -0.4 is 10.1 Å². The van der Waals surface area contributed by atoms with Crippen LogP contribution >= 0.6 is 11.8 Å². The van der Waals surface area contributed by atoms with E-state index in [1.165, 1.54) is 6.07 Å². The minimum atomic E-state index is -0.389. The smallest absolute Gasteiger partial charge is 0.290 e. The van der Waals surface area contributed by atoms with Gasteiger partial charge >= 0.3 is 0 Å². The standard InChI is InChI=1S/C17H12FNO3S/c18-14-4-2-1-3-12(14)10-22-13-7-5-11(6-8-13)9-15-16(20)19-17(21)23-15/h1-9H,10H2,(H,19,20,21). The molecule has 2 aromatic carbocycles. The number of rotatable bonds is 4. The molecule has 0 bridgehead atoms. The summed E-state index contributed by atoms with van der Waals surface area (Å²) in [6.45, 7) is 0.139. The van der Waals surface area contributed by atoms with Crippen molar-refractivity contribution in [2.75, 3.05) is 0 Å². The minimum Gasteiger partial charge on any atom is -0.489 e. The second kappa shape index (κ2) is 6.66. The van der Waals surface area contributed by atoms with Crippen molar-refractivity contribution in [3.63, 3.8) is 0 Å². The Morgan fingerprint density at radius 1 is 1.09 bits per heavy atom. The number of ether oxygens (including phenoxy) is 1. The highest BCUT2D eigenvalue weighted by Gasteiger charge is 2.24. The summed E-state index contributed by atoms with van der Waals surface area (Å²) in [6.07, 6.45) is 1.63. The summed E-state index contributed by atoms with van der Waals surface area (Å²) in [4.78, 5) is 22.9. The molecular formula is C17H12FNO3S. The summed E-state index contributed by atoms with van der Waals surface area (Å²) in [5.41, 5.74) is 1.26. The van der Waals surface area contributed by atoms with E-state index in [1.54, 1.807) is 48.5 Å². The number of imide groups is 1. The lowest BCUT2D eigenvalue weighted by molar-refractivity contribution is -0.115. The molecule has 0 aliphatic carbocycles. The third-order valence-corrected chi connectivity index (χ3v) is 3.98. The zero-order chi connectivity index (χ0) is 16.2. The van der Waals surface area contributed by atoms with Crippen molar-refractivity contribution in [1.29, 1.82) is 0 Å². The SMILES string of the molecule is O=C1NC(=O)C(=Cc2ccc(OCc3ccccc3F)cc2)S1. The Bertz CT molecular complexity index is 787. The number of nitrogens with one attached hydrogen (secondary N) is 1. The number of amides is 2. The summed E-state index contributed by atoms with van der Waals surface area (Å²) >= 11 is 0.870. The predicted molar refractivity (Wildman–Crippen MR) is 86.3 cm³/mol. The fraction of sp³-hybridized carbons (Fsp3) is 0.0588. The highest BCUT2D eigenvalue weighted by molar-refractivity contribution is 8.18. The normalized spacial score (nSPS) is 15.8. The van der Waals surface area contributed by atoms with Gasteiger partial charge in [0, 0.05) is 5.56 Å². The largest absolute Gasteiger partial charge is 0.489 e. The van der Waals surface area contributed by atoms with Crippen LogP contribution in [-0.4, -0.2) is 11.1 Å². The monoisotopic (exact) mass is 329 g/mol. The van der Waals surface area contributed by atoms with Gasteiger partial charge in [0.05, 0.1) is 4.91 Å². The van der Waals surface area contributed by atoms with Gasteiger partial charge in [-0.3, -0.25) is 14.9 Å². The molecule has 4 nitrogen and oxygen atoms in total. The van der Waals surface area contributed by atoms with E-state index in [4.69, 9.17) is 4.74 Å². The molecule has 1 saturated heterocycles. The van der Waals surface area contributed by atoms with Crippen LogP contribution in [0.3, 0.4) is 0 Å². The van der Waals surface area contributed by atoms with E-state index >= 15 is 0 Å². The number of hydrogen-bond donors (Lipinski definition) is 1. The fourth-order valence-electron chi connectivity index (χ4n) is 2.01. The number of hydrogen-bond acceptors (Lipinski definition) is 4. The van der Waals surface area contributed by atoms with Gasteiger partial charge in [0.1, 0.15) is 18.2 Å². The zero-order valence-electron chi connectivity index (χ0n) is 11.9. The Morgan fingerprint density at radius 2 is 1.83 bits per heavy atom. The Balaban J connectivity index is 1.66. The maximum Gasteiger partial charge on any atom is 0.290 e. The van der Waals surface area contributed by atoms with Crippen molar-refractivity contribution in [2.45, 2.75) is 6.61 Å². The Kier molecular flexibility index (Phi) is 4.43. The van der Waals surface area contributed by atoms with E-state index in [1.807, 2.05) is 0 Å². The molecule has 23 heavy (non-hydrogen) atoms.